The van der Waals surface area contributed by atoms with Crippen LogP contribution in [0.4, 0.5) is 22.7 Å². The zero-order chi connectivity index (χ0) is 33.9. The zero-order valence-electron chi connectivity index (χ0n) is 29.4. The van der Waals surface area contributed by atoms with Crippen molar-refractivity contribution in [1.82, 2.24) is 0 Å². The van der Waals surface area contributed by atoms with Gasteiger partial charge in [0.05, 0.1) is 24.6 Å². The number of guanidine groups is 2. The number of anilines is 4. The summed E-state index contributed by atoms with van der Waals surface area (Å²) < 4.78 is 12.8. The molecule has 6 rings (SSSR count). The van der Waals surface area contributed by atoms with Gasteiger partial charge in [-0.25, -0.2) is 0 Å². The number of hydrogen-bond donors (Lipinski definition) is 1. The van der Waals surface area contributed by atoms with Crippen LogP contribution in [0.3, 0.4) is 0 Å². The van der Waals surface area contributed by atoms with Crippen LogP contribution < -0.4 is 29.1 Å². The van der Waals surface area contributed by atoms with Gasteiger partial charge in [-0.2, -0.15) is 0 Å². The number of para-hydroxylation sites is 2. The van der Waals surface area contributed by atoms with Crippen molar-refractivity contribution in [2.75, 3.05) is 66.0 Å². The molecule has 0 radical (unpaired) electrons. The fourth-order valence-electron chi connectivity index (χ4n) is 7.04. The Bertz CT molecular complexity index is 1810. The van der Waals surface area contributed by atoms with Gasteiger partial charge in [-0.15, -0.1) is 0 Å². The summed E-state index contributed by atoms with van der Waals surface area (Å²) in [6.45, 7) is 16.9. The normalized spacial score (nSPS) is 15.6. The lowest BCUT2D eigenvalue weighted by atomic mass is 10.1. The van der Waals surface area contributed by atoms with Gasteiger partial charge in [0, 0.05) is 51.0 Å². The number of aliphatic imine (C=N–C) groups is 1. The Morgan fingerprint density at radius 3 is 1.54 bits per heavy atom. The van der Waals surface area contributed by atoms with E-state index < -0.39 is 0 Å². The predicted octanol–water partition coefficient (Wildman–Crippen LogP) is 7.96. The summed E-state index contributed by atoms with van der Waals surface area (Å²) in [6, 6.07) is 25.3. The van der Waals surface area contributed by atoms with Crippen LogP contribution in [0.1, 0.15) is 39.8 Å². The Kier molecular flexibility index (Phi) is 9.62. The SMILES string of the molecule is C/N=C1/N(c2cc(C)ccc2OCCCOc2ccc(C)cc2N2CCN(c3c(C)cccc3C)C2=N)CCN1c1c(C)cccc1C. The van der Waals surface area contributed by atoms with Crippen LogP contribution in [0.25, 0.3) is 0 Å². The first kappa shape index (κ1) is 32.9. The maximum atomic E-state index is 9.11. The summed E-state index contributed by atoms with van der Waals surface area (Å²) >= 11 is 0. The molecule has 0 spiro atoms. The Morgan fingerprint density at radius 1 is 0.583 bits per heavy atom. The monoisotopic (exact) mass is 644 g/mol. The van der Waals surface area contributed by atoms with E-state index in [0.29, 0.717) is 19.2 Å². The van der Waals surface area contributed by atoms with Gasteiger partial charge in [-0.1, -0.05) is 48.5 Å². The average Bonchev–Trinajstić information content (AvgIpc) is 3.65. The van der Waals surface area contributed by atoms with Gasteiger partial charge in [0.25, 0.3) is 0 Å². The van der Waals surface area contributed by atoms with Crippen LogP contribution in [-0.4, -0.2) is 58.4 Å². The van der Waals surface area contributed by atoms with Crippen molar-refractivity contribution >= 4 is 34.7 Å². The van der Waals surface area contributed by atoms with Gasteiger partial charge in [0.1, 0.15) is 11.5 Å². The lowest BCUT2D eigenvalue weighted by molar-refractivity contribution is 0.248. The van der Waals surface area contributed by atoms with Gasteiger partial charge >= 0.3 is 0 Å². The minimum atomic E-state index is 0.478. The summed E-state index contributed by atoms with van der Waals surface area (Å²) in [6.07, 6.45) is 0.718. The van der Waals surface area contributed by atoms with E-state index in [4.69, 9.17) is 19.9 Å². The van der Waals surface area contributed by atoms with E-state index in [-0.39, 0.29) is 0 Å². The molecule has 8 nitrogen and oxygen atoms in total. The summed E-state index contributed by atoms with van der Waals surface area (Å²) in [4.78, 5) is 13.5. The molecular weight excluding hydrogens is 596 g/mol. The molecule has 48 heavy (non-hydrogen) atoms. The van der Waals surface area contributed by atoms with E-state index in [1.165, 1.54) is 33.5 Å². The Hall–Kier alpha value is -4.98. The topological polar surface area (TPSA) is 67.6 Å². The van der Waals surface area contributed by atoms with E-state index in [9.17, 15) is 0 Å². The second kappa shape index (κ2) is 14.0. The number of nitrogens with zero attached hydrogens (tertiary/aromatic N) is 5. The minimum absolute atomic E-state index is 0.478. The van der Waals surface area contributed by atoms with Crippen LogP contribution in [0.5, 0.6) is 11.5 Å². The average molecular weight is 645 g/mol. The van der Waals surface area contributed by atoms with Gasteiger partial charge in [0.2, 0.25) is 11.9 Å². The maximum Gasteiger partial charge on any atom is 0.205 e. The van der Waals surface area contributed by atoms with Crippen LogP contribution in [0.2, 0.25) is 0 Å². The molecule has 4 aromatic carbocycles. The number of aryl methyl sites for hydroxylation is 6. The first-order valence-corrected chi connectivity index (χ1v) is 16.9. The molecule has 0 aromatic heterocycles. The minimum Gasteiger partial charge on any atom is -0.491 e. The van der Waals surface area contributed by atoms with E-state index in [0.717, 1.165) is 72.7 Å². The third kappa shape index (κ3) is 6.44. The Labute approximate surface area is 285 Å². The first-order valence-electron chi connectivity index (χ1n) is 16.9. The summed E-state index contributed by atoms with van der Waals surface area (Å²) in [5, 5.41) is 9.11. The van der Waals surface area contributed by atoms with Crippen molar-refractivity contribution in [3.8, 4) is 11.5 Å². The van der Waals surface area contributed by atoms with Crippen molar-refractivity contribution in [2.45, 2.75) is 48.0 Å². The van der Waals surface area contributed by atoms with Crippen molar-refractivity contribution in [2.24, 2.45) is 4.99 Å². The first-order chi connectivity index (χ1) is 23.2. The van der Waals surface area contributed by atoms with Crippen LogP contribution in [-0.2, 0) is 0 Å². The van der Waals surface area contributed by atoms with Crippen LogP contribution in [0.15, 0.2) is 77.8 Å². The predicted molar refractivity (Wildman–Crippen MR) is 200 cm³/mol. The van der Waals surface area contributed by atoms with Gasteiger partial charge in [0.15, 0.2) is 0 Å². The quantitative estimate of drug-likeness (QED) is 0.177. The number of rotatable bonds is 10. The van der Waals surface area contributed by atoms with Gasteiger partial charge in [-0.05, 0) is 99.2 Å². The molecule has 8 heteroatoms. The Balaban J connectivity index is 1.11. The fraction of sp³-hybridized carbons (Fsp3) is 0.350. The number of nitrogens with one attached hydrogen (secondary N) is 1. The second-order valence-corrected chi connectivity index (χ2v) is 12.9. The molecule has 4 aromatic rings. The molecule has 2 aliphatic rings. The number of benzene rings is 4. The molecule has 0 aliphatic carbocycles. The highest BCUT2D eigenvalue weighted by molar-refractivity contribution is 6.11. The van der Waals surface area contributed by atoms with Gasteiger partial charge in [-0.3, -0.25) is 10.4 Å². The molecule has 1 N–H and O–H groups in total. The third-order valence-electron chi connectivity index (χ3n) is 9.32. The molecule has 0 amide bonds. The molecule has 2 fully saturated rings. The fourth-order valence-corrected chi connectivity index (χ4v) is 7.04. The summed E-state index contributed by atoms with van der Waals surface area (Å²) in [5.74, 6) is 3.04. The zero-order valence-corrected chi connectivity index (χ0v) is 29.4. The molecular formula is C40H48N6O2. The molecule has 0 bridgehead atoms. The second-order valence-electron chi connectivity index (χ2n) is 12.9. The molecule has 0 atom stereocenters. The lowest BCUT2D eigenvalue weighted by Crippen LogP contribution is -2.34. The molecule has 250 valence electrons. The van der Waals surface area contributed by atoms with E-state index in [2.05, 4.69) is 128 Å². The van der Waals surface area contributed by atoms with Crippen molar-refractivity contribution in [1.29, 1.82) is 5.41 Å². The van der Waals surface area contributed by atoms with Crippen molar-refractivity contribution in [3.05, 3.63) is 106 Å². The van der Waals surface area contributed by atoms with Crippen LogP contribution >= 0.6 is 0 Å². The van der Waals surface area contributed by atoms with Crippen LogP contribution in [0, 0.1) is 47.0 Å². The largest absolute Gasteiger partial charge is 0.491 e. The standard InChI is InChI=1S/C40H48N6O2/c1-27-15-17-35(33(25-27)43-19-21-45(39(43)41)37-29(3)11-8-12-30(37)4)47-23-10-24-48-36-18-16-28(2)26-34(36)44-20-22-46(40(44)42-7)38-31(5)13-9-14-32(38)6/h8-9,11-18,25-26,41H,10,19-24H2,1-7H3/b41-39?,42-40-. The van der Waals surface area contributed by atoms with E-state index in [1.54, 1.807) is 0 Å². The van der Waals surface area contributed by atoms with Crippen molar-refractivity contribution < 1.29 is 9.47 Å². The van der Waals surface area contributed by atoms with E-state index >= 15 is 0 Å². The summed E-state index contributed by atoms with van der Waals surface area (Å²) in [5.41, 5.74) is 11.5. The highest BCUT2D eigenvalue weighted by Crippen LogP contribution is 2.37. The van der Waals surface area contributed by atoms with Crippen molar-refractivity contribution in [3.63, 3.8) is 0 Å². The van der Waals surface area contributed by atoms with Gasteiger partial charge < -0.3 is 29.1 Å². The highest BCUT2D eigenvalue weighted by atomic mass is 16.5. The highest BCUT2D eigenvalue weighted by Gasteiger charge is 2.33. The molecule has 2 aliphatic heterocycles. The molecule has 2 saturated heterocycles. The third-order valence-corrected chi connectivity index (χ3v) is 9.32. The van der Waals surface area contributed by atoms with E-state index in [1.807, 2.05) is 13.1 Å². The number of hydrogen-bond acceptors (Lipinski definition) is 4. The lowest BCUT2D eigenvalue weighted by Gasteiger charge is -2.27. The molecule has 2 heterocycles. The maximum absolute atomic E-state index is 9.11. The molecule has 0 saturated carbocycles. The summed E-state index contributed by atoms with van der Waals surface area (Å²) in [7, 11) is 1.87. The number of ether oxygens (including phenoxy) is 2. The molecule has 0 unspecified atom stereocenters. The smallest absolute Gasteiger partial charge is 0.205 e. The Morgan fingerprint density at radius 2 is 1.02 bits per heavy atom.